The van der Waals surface area contributed by atoms with Gasteiger partial charge in [-0.05, 0) is 42.7 Å². The van der Waals surface area contributed by atoms with E-state index in [2.05, 4.69) is 5.32 Å². The number of hydrogen-bond acceptors (Lipinski definition) is 6. The van der Waals surface area contributed by atoms with Crippen molar-refractivity contribution >= 4 is 28.5 Å². The molecule has 8 nitrogen and oxygen atoms in total. The molecule has 0 radical (unpaired) electrons. The largest absolute Gasteiger partial charge is 0.460 e. The van der Waals surface area contributed by atoms with Crippen molar-refractivity contribution in [1.29, 1.82) is 0 Å². The fourth-order valence-corrected chi connectivity index (χ4v) is 4.85. The number of nitrogens with zero attached hydrogens (tertiary/aromatic N) is 2. The van der Waals surface area contributed by atoms with Gasteiger partial charge in [-0.3, -0.25) is 14.4 Å². The maximum absolute atomic E-state index is 13.4. The number of benzene rings is 1. The number of esters is 1. The Hall–Kier alpha value is -3.52. The molecule has 0 bridgehead atoms. The number of aryl methyl sites for hydroxylation is 1. The van der Waals surface area contributed by atoms with E-state index in [1.54, 1.807) is 17.6 Å². The topological polar surface area (TPSA) is 111 Å². The molecular formula is C24H23N3O5. The maximum Gasteiger partial charge on any atom is 0.309 e. The molecular weight excluding hydrogens is 410 g/mol. The summed E-state index contributed by atoms with van der Waals surface area (Å²) in [6.07, 6.45) is 0.0750. The normalized spacial score (nSPS) is 19.1. The average molecular weight is 433 g/mol. The molecule has 2 N–H and O–H groups in total. The van der Waals surface area contributed by atoms with Crippen LogP contribution in [0.15, 0.2) is 29.1 Å². The molecule has 2 aliphatic rings. The first-order valence-corrected chi connectivity index (χ1v) is 10.6. The van der Waals surface area contributed by atoms with Gasteiger partial charge in [-0.2, -0.15) is 0 Å². The summed E-state index contributed by atoms with van der Waals surface area (Å²) in [6.45, 7) is 5.35. The number of aromatic nitrogens is 2. The average Bonchev–Trinajstić information content (AvgIpc) is 3.05. The predicted molar refractivity (Wildman–Crippen MR) is 118 cm³/mol. The monoisotopic (exact) mass is 433 g/mol. The van der Waals surface area contributed by atoms with E-state index >= 15 is 0 Å². The number of cyclic esters (lactones) is 1. The van der Waals surface area contributed by atoms with E-state index < -0.39 is 11.6 Å². The quantitative estimate of drug-likeness (QED) is 0.471. The third-order valence-electron chi connectivity index (χ3n) is 6.56. The molecule has 1 atom stereocenters. The Bertz CT molecular complexity index is 1390. The first-order chi connectivity index (χ1) is 15.2. The Morgan fingerprint density at radius 3 is 2.81 bits per heavy atom. The number of aliphatic hydroxyl groups is 1. The highest BCUT2D eigenvalue weighted by molar-refractivity contribution is 6.03. The van der Waals surface area contributed by atoms with Crippen LogP contribution in [0, 0.1) is 6.92 Å². The lowest BCUT2D eigenvalue weighted by atomic mass is 9.85. The van der Waals surface area contributed by atoms with Gasteiger partial charge in [-0.15, -0.1) is 0 Å². The van der Waals surface area contributed by atoms with Gasteiger partial charge in [0, 0.05) is 17.9 Å². The van der Waals surface area contributed by atoms with Crippen LogP contribution in [-0.4, -0.2) is 26.5 Å². The molecule has 3 aromatic rings. The molecule has 2 aromatic heterocycles. The fraction of sp³-hybridized carbons (Fsp3) is 0.333. The zero-order valence-corrected chi connectivity index (χ0v) is 18.1. The van der Waals surface area contributed by atoms with Gasteiger partial charge >= 0.3 is 5.97 Å². The van der Waals surface area contributed by atoms with Gasteiger partial charge in [-0.25, -0.2) is 4.98 Å². The summed E-state index contributed by atoms with van der Waals surface area (Å²) in [5.74, 6) is -0.699. The van der Waals surface area contributed by atoms with E-state index in [-0.39, 0.29) is 30.9 Å². The van der Waals surface area contributed by atoms with Crippen LogP contribution in [0.25, 0.3) is 22.3 Å². The number of hydrogen-bond donors (Lipinski definition) is 2. The van der Waals surface area contributed by atoms with Crippen LogP contribution in [-0.2, 0) is 33.1 Å². The van der Waals surface area contributed by atoms with Crippen LogP contribution in [0.3, 0.4) is 0 Å². The molecule has 1 amide bonds. The number of nitrogens with one attached hydrogen (secondary N) is 1. The molecule has 0 saturated heterocycles. The molecule has 0 saturated carbocycles. The standard InChI is InChI=1S/C24H23N3O5/c1-4-24(31)9-20(29)32-11-15-16(24)8-19-22-14(10-27(19)23(15)30)12(2)21-17(25-13(3)28)6-5-7-18(21)26-22/h5-8,31H,4,9-11H2,1-3H3,(H,25,28)/t24-/m0/s1. The van der Waals surface area contributed by atoms with Crippen molar-refractivity contribution in [2.75, 3.05) is 5.32 Å². The van der Waals surface area contributed by atoms with Gasteiger partial charge in [0.25, 0.3) is 5.56 Å². The van der Waals surface area contributed by atoms with Crippen LogP contribution in [0.1, 0.15) is 48.9 Å². The summed E-state index contributed by atoms with van der Waals surface area (Å²) in [7, 11) is 0. The second-order valence-corrected chi connectivity index (χ2v) is 8.48. The Kier molecular flexibility index (Phi) is 4.46. The number of ether oxygens (including phenoxy) is 1. The molecule has 8 heteroatoms. The summed E-state index contributed by atoms with van der Waals surface area (Å²) >= 11 is 0. The lowest BCUT2D eigenvalue weighted by Gasteiger charge is -2.26. The molecule has 2 aliphatic heterocycles. The number of amides is 1. The molecule has 1 aromatic carbocycles. The molecule has 4 heterocycles. The minimum atomic E-state index is -1.47. The zero-order chi connectivity index (χ0) is 22.8. The van der Waals surface area contributed by atoms with Crippen molar-refractivity contribution < 1.29 is 19.4 Å². The molecule has 5 rings (SSSR count). The molecule has 0 fully saturated rings. The second-order valence-electron chi connectivity index (χ2n) is 8.48. The fourth-order valence-electron chi connectivity index (χ4n) is 4.85. The van der Waals surface area contributed by atoms with Crippen molar-refractivity contribution in [3.05, 3.63) is 56.9 Å². The minimum Gasteiger partial charge on any atom is -0.460 e. The van der Waals surface area contributed by atoms with Crippen molar-refractivity contribution in [1.82, 2.24) is 9.55 Å². The number of anilines is 1. The molecule has 32 heavy (non-hydrogen) atoms. The van der Waals surface area contributed by atoms with Crippen LogP contribution in [0.5, 0.6) is 0 Å². The highest BCUT2D eigenvalue weighted by atomic mass is 16.5. The van der Waals surface area contributed by atoms with Crippen molar-refractivity contribution in [2.45, 2.75) is 52.4 Å². The number of rotatable bonds is 2. The van der Waals surface area contributed by atoms with E-state index in [4.69, 9.17) is 9.72 Å². The third-order valence-corrected chi connectivity index (χ3v) is 6.56. The number of pyridine rings is 2. The Balaban J connectivity index is 1.77. The highest BCUT2D eigenvalue weighted by Crippen LogP contribution is 2.41. The van der Waals surface area contributed by atoms with E-state index in [0.717, 1.165) is 16.5 Å². The second kappa shape index (κ2) is 7.00. The van der Waals surface area contributed by atoms with Crippen molar-refractivity contribution in [2.24, 2.45) is 0 Å². The van der Waals surface area contributed by atoms with E-state index in [9.17, 15) is 19.5 Å². The lowest BCUT2D eigenvalue weighted by Crippen LogP contribution is -2.32. The Morgan fingerprint density at radius 2 is 2.09 bits per heavy atom. The van der Waals surface area contributed by atoms with Crippen LogP contribution < -0.4 is 10.9 Å². The van der Waals surface area contributed by atoms with E-state index in [1.165, 1.54) is 6.92 Å². The summed E-state index contributed by atoms with van der Waals surface area (Å²) in [5.41, 5.74) is 3.47. The zero-order valence-electron chi connectivity index (χ0n) is 18.1. The molecule has 164 valence electrons. The van der Waals surface area contributed by atoms with Gasteiger partial charge < -0.3 is 19.7 Å². The number of fused-ring (bicyclic) bond motifs is 5. The molecule has 0 aliphatic carbocycles. The third kappa shape index (κ3) is 2.86. The maximum atomic E-state index is 13.4. The summed E-state index contributed by atoms with van der Waals surface area (Å²) in [5, 5.41) is 14.9. The smallest absolute Gasteiger partial charge is 0.309 e. The van der Waals surface area contributed by atoms with Crippen LogP contribution in [0.2, 0.25) is 0 Å². The van der Waals surface area contributed by atoms with E-state index in [1.807, 2.05) is 25.1 Å². The molecule has 0 spiro atoms. The predicted octanol–water partition coefficient (Wildman–Crippen LogP) is 2.74. The molecule has 0 unspecified atom stereocenters. The van der Waals surface area contributed by atoms with Crippen molar-refractivity contribution in [3.63, 3.8) is 0 Å². The first-order valence-electron chi connectivity index (χ1n) is 10.6. The van der Waals surface area contributed by atoms with Gasteiger partial charge in [-0.1, -0.05) is 13.0 Å². The Morgan fingerprint density at radius 1 is 1.31 bits per heavy atom. The highest BCUT2D eigenvalue weighted by Gasteiger charge is 2.39. The van der Waals surface area contributed by atoms with Gasteiger partial charge in [0.05, 0.1) is 41.1 Å². The summed E-state index contributed by atoms with van der Waals surface area (Å²) < 4.78 is 6.84. The lowest BCUT2D eigenvalue weighted by molar-refractivity contribution is -0.149. The summed E-state index contributed by atoms with van der Waals surface area (Å²) in [6, 6.07) is 7.30. The van der Waals surface area contributed by atoms with Gasteiger partial charge in [0.2, 0.25) is 5.91 Å². The SMILES string of the molecule is CC[C@]1(O)CC(=O)OCc2c1cc1n(c2=O)Cc2c-1nc1cccc(NC(C)=O)c1c2C. The van der Waals surface area contributed by atoms with Crippen molar-refractivity contribution in [3.8, 4) is 11.4 Å². The van der Waals surface area contributed by atoms with Gasteiger partial charge in [0.1, 0.15) is 12.2 Å². The van der Waals surface area contributed by atoms with Crippen LogP contribution >= 0.6 is 0 Å². The van der Waals surface area contributed by atoms with E-state index in [0.29, 0.717) is 40.3 Å². The van der Waals surface area contributed by atoms with Gasteiger partial charge in [0.15, 0.2) is 0 Å². The first kappa shape index (κ1) is 20.4. The van der Waals surface area contributed by atoms with Crippen LogP contribution in [0.4, 0.5) is 5.69 Å². The summed E-state index contributed by atoms with van der Waals surface area (Å²) in [4.78, 5) is 42.0. The minimum absolute atomic E-state index is 0.160. The Labute approximate surface area is 183 Å². The number of carbonyl (C=O) groups excluding carboxylic acids is 2. The number of carbonyl (C=O) groups is 2.